The number of nitrogens with one attached hydrogen (secondary N) is 1. The SMILES string of the molecule is CCC=CCCC(C)C(=O)OC12CCC(CN1)C(c1cccnc1)C2. The molecule has 4 heteroatoms. The molecule has 0 aromatic carbocycles. The number of rotatable bonds is 7. The van der Waals surface area contributed by atoms with Crippen molar-refractivity contribution in [3.63, 3.8) is 0 Å². The summed E-state index contributed by atoms with van der Waals surface area (Å²) in [5.74, 6) is 0.914. The monoisotopic (exact) mass is 342 g/mol. The predicted molar refractivity (Wildman–Crippen MR) is 99.0 cm³/mol. The normalized spacial score (nSPS) is 29.7. The van der Waals surface area contributed by atoms with E-state index in [1.54, 1.807) is 0 Å². The zero-order valence-electron chi connectivity index (χ0n) is 15.4. The van der Waals surface area contributed by atoms with Gasteiger partial charge in [-0.05, 0) is 49.1 Å². The van der Waals surface area contributed by atoms with Gasteiger partial charge in [-0.15, -0.1) is 0 Å². The van der Waals surface area contributed by atoms with Crippen molar-refractivity contribution < 1.29 is 9.53 Å². The second-order valence-electron chi connectivity index (χ2n) is 7.55. The number of hydrogen-bond donors (Lipinski definition) is 1. The number of ether oxygens (including phenoxy) is 1. The van der Waals surface area contributed by atoms with Crippen molar-refractivity contribution in [1.29, 1.82) is 0 Å². The van der Waals surface area contributed by atoms with Crippen LogP contribution in [0.1, 0.15) is 63.9 Å². The molecule has 0 amide bonds. The van der Waals surface area contributed by atoms with Crippen LogP contribution in [-0.2, 0) is 9.53 Å². The Bertz CT molecular complexity index is 591. The lowest BCUT2D eigenvalue weighted by atomic mass is 9.68. The maximum Gasteiger partial charge on any atom is 0.310 e. The molecule has 0 spiro atoms. The van der Waals surface area contributed by atoms with Crippen molar-refractivity contribution in [2.45, 2.75) is 64.0 Å². The number of aromatic nitrogens is 1. The molecule has 1 N–H and O–H groups in total. The van der Waals surface area contributed by atoms with Crippen LogP contribution in [0.5, 0.6) is 0 Å². The van der Waals surface area contributed by atoms with Crippen molar-refractivity contribution in [3.05, 3.63) is 42.2 Å². The van der Waals surface area contributed by atoms with Gasteiger partial charge in [-0.2, -0.15) is 0 Å². The van der Waals surface area contributed by atoms with E-state index in [0.29, 0.717) is 11.8 Å². The van der Waals surface area contributed by atoms with E-state index in [0.717, 1.165) is 45.1 Å². The van der Waals surface area contributed by atoms with E-state index in [1.165, 1.54) is 5.56 Å². The van der Waals surface area contributed by atoms with E-state index in [1.807, 2.05) is 25.4 Å². The predicted octanol–water partition coefficient (Wildman–Crippen LogP) is 4.19. The third-order valence-electron chi connectivity index (χ3n) is 5.70. The van der Waals surface area contributed by atoms with Crippen molar-refractivity contribution in [2.75, 3.05) is 6.54 Å². The Hall–Kier alpha value is -1.68. The van der Waals surface area contributed by atoms with Crippen molar-refractivity contribution in [1.82, 2.24) is 10.3 Å². The molecule has 4 rings (SSSR count). The highest BCUT2D eigenvalue weighted by atomic mass is 16.6. The average molecular weight is 342 g/mol. The first kappa shape index (κ1) is 18.1. The van der Waals surface area contributed by atoms with Crippen LogP contribution in [0, 0.1) is 11.8 Å². The second kappa shape index (κ2) is 8.13. The van der Waals surface area contributed by atoms with E-state index < -0.39 is 5.72 Å². The topological polar surface area (TPSA) is 51.2 Å². The summed E-state index contributed by atoms with van der Waals surface area (Å²) in [4.78, 5) is 16.9. The van der Waals surface area contributed by atoms with Gasteiger partial charge in [0.1, 0.15) is 0 Å². The summed E-state index contributed by atoms with van der Waals surface area (Å²) in [5.41, 5.74) is 0.784. The molecule has 4 atom stereocenters. The minimum atomic E-state index is -0.486. The molecule has 3 heterocycles. The van der Waals surface area contributed by atoms with Crippen molar-refractivity contribution in [2.24, 2.45) is 11.8 Å². The largest absolute Gasteiger partial charge is 0.444 e. The number of allylic oxidation sites excluding steroid dienone is 2. The summed E-state index contributed by atoms with van der Waals surface area (Å²) < 4.78 is 6.04. The number of fused-ring (bicyclic) bond motifs is 3. The van der Waals surface area contributed by atoms with Crippen LogP contribution in [0.25, 0.3) is 0 Å². The van der Waals surface area contributed by atoms with Crippen LogP contribution in [0.4, 0.5) is 0 Å². The van der Waals surface area contributed by atoms with Crippen LogP contribution < -0.4 is 5.32 Å². The minimum absolute atomic E-state index is 0.0610. The molecular weight excluding hydrogens is 312 g/mol. The molecular formula is C21H30N2O2. The van der Waals surface area contributed by atoms with E-state index in [9.17, 15) is 4.79 Å². The summed E-state index contributed by atoms with van der Waals surface area (Å²) in [6.45, 7) is 5.02. The smallest absolute Gasteiger partial charge is 0.310 e. The maximum absolute atomic E-state index is 12.6. The standard InChI is InChI=1S/C21H30N2O2/c1-3-4-5-6-8-16(2)20(24)25-21-11-10-18(15-23-21)19(13-21)17-9-7-12-22-14-17/h4-5,7,9,12,14,16,18-19,23H,3,6,8,10-11,13,15H2,1-2H3. The molecule has 2 saturated heterocycles. The summed E-state index contributed by atoms with van der Waals surface area (Å²) in [5, 5.41) is 3.52. The van der Waals surface area contributed by atoms with Gasteiger partial charge < -0.3 is 4.74 Å². The fraction of sp³-hybridized carbons (Fsp3) is 0.619. The Morgan fingerprint density at radius 3 is 3.08 bits per heavy atom. The van der Waals surface area contributed by atoms with Gasteiger partial charge >= 0.3 is 5.97 Å². The molecule has 2 bridgehead atoms. The molecule has 1 aromatic heterocycles. The number of hydrogen-bond acceptors (Lipinski definition) is 4. The first-order chi connectivity index (χ1) is 12.1. The molecule has 1 aliphatic carbocycles. The number of carbonyl (C=O) groups excluding carboxylic acids is 1. The lowest BCUT2D eigenvalue weighted by molar-refractivity contribution is -0.182. The van der Waals surface area contributed by atoms with Crippen molar-refractivity contribution >= 4 is 5.97 Å². The fourth-order valence-corrected chi connectivity index (χ4v) is 4.12. The van der Waals surface area contributed by atoms with Gasteiger partial charge in [-0.1, -0.05) is 32.1 Å². The molecule has 25 heavy (non-hydrogen) atoms. The van der Waals surface area contributed by atoms with Crippen LogP contribution in [0.2, 0.25) is 0 Å². The van der Waals surface area contributed by atoms with Gasteiger partial charge in [0, 0.05) is 31.8 Å². The molecule has 0 radical (unpaired) electrons. The average Bonchev–Trinajstić information content (AvgIpc) is 2.66. The van der Waals surface area contributed by atoms with Gasteiger partial charge in [-0.25, -0.2) is 0 Å². The lowest BCUT2D eigenvalue weighted by Gasteiger charge is -2.50. The number of nitrogens with zero attached hydrogens (tertiary/aromatic N) is 1. The molecule has 136 valence electrons. The van der Waals surface area contributed by atoms with E-state index in [2.05, 4.69) is 35.4 Å². The molecule has 1 aromatic rings. The molecule has 1 saturated carbocycles. The number of pyridine rings is 1. The third-order valence-corrected chi connectivity index (χ3v) is 5.70. The molecule has 4 unspecified atom stereocenters. The molecule has 4 nitrogen and oxygen atoms in total. The van der Waals surface area contributed by atoms with Crippen LogP contribution in [0.15, 0.2) is 36.7 Å². The van der Waals surface area contributed by atoms with Gasteiger partial charge in [0.15, 0.2) is 5.72 Å². The summed E-state index contributed by atoms with van der Waals surface area (Å²) in [6.07, 6.45) is 13.8. The van der Waals surface area contributed by atoms with Crippen LogP contribution >= 0.6 is 0 Å². The Morgan fingerprint density at radius 1 is 1.52 bits per heavy atom. The summed E-state index contributed by atoms with van der Waals surface area (Å²) in [6, 6.07) is 4.15. The first-order valence-electron chi connectivity index (χ1n) is 9.66. The number of piperidine rings is 2. The van der Waals surface area contributed by atoms with Gasteiger partial charge in [0.05, 0.1) is 5.92 Å². The summed E-state index contributed by atoms with van der Waals surface area (Å²) >= 11 is 0. The second-order valence-corrected chi connectivity index (χ2v) is 7.55. The maximum atomic E-state index is 12.6. The summed E-state index contributed by atoms with van der Waals surface area (Å²) in [7, 11) is 0. The molecule has 2 aliphatic heterocycles. The Labute approximate surface area is 151 Å². The minimum Gasteiger partial charge on any atom is -0.444 e. The van der Waals surface area contributed by atoms with Crippen molar-refractivity contribution in [3.8, 4) is 0 Å². The van der Waals surface area contributed by atoms with E-state index in [4.69, 9.17) is 4.74 Å². The molecule has 3 fully saturated rings. The highest BCUT2D eigenvalue weighted by molar-refractivity contribution is 5.72. The van der Waals surface area contributed by atoms with Crippen LogP contribution in [-0.4, -0.2) is 23.2 Å². The highest BCUT2D eigenvalue weighted by Gasteiger charge is 2.49. The number of carbonyl (C=O) groups is 1. The Kier molecular flexibility index (Phi) is 5.89. The highest BCUT2D eigenvalue weighted by Crippen LogP contribution is 2.46. The zero-order chi connectivity index (χ0) is 17.7. The molecule has 3 aliphatic rings. The Morgan fingerprint density at radius 2 is 2.40 bits per heavy atom. The van der Waals surface area contributed by atoms with Gasteiger partial charge in [0.2, 0.25) is 0 Å². The third kappa shape index (κ3) is 4.30. The Balaban J connectivity index is 1.61. The first-order valence-corrected chi connectivity index (χ1v) is 9.66. The van der Waals surface area contributed by atoms with E-state index >= 15 is 0 Å². The zero-order valence-corrected chi connectivity index (χ0v) is 15.4. The van der Waals surface area contributed by atoms with E-state index in [-0.39, 0.29) is 11.9 Å². The quantitative estimate of drug-likeness (QED) is 0.596. The number of esters is 1. The van der Waals surface area contributed by atoms with Gasteiger partial charge in [0.25, 0.3) is 0 Å². The lowest BCUT2D eigenvalue weighted by Crippen LogP contribution is -2.60. The van der Waals surface area contributed by atoms with Crippen LogP contribution in [0.3, 0.4) is 0 Å². The van der Waals surface area contributed by atoms with Gasteiger partial charge in [-0.3, -0.25) is 15.1 Å². The fourth-order valence-electron chi connectivity index (χ4n) is 4.12.